The summed E-state index contributed by atoms with van der Waals surface area (Å²) < 4.78 is 11.1. The smallest absolute Gasteiger partial charge is 0.307 e. The Kier molecular flexibility index (Phi) is 5.12. The maximum absolute atomic E-state index is 12.5. The maximum atomic E-state index is 12.5. The van der Waals surface area contributed by atoms with E-state index in [1.807, 2.05) is 50.2 Å². The van der Waals surface area contributed by atoms with Gasteiger partial charge in [-0.1, -0.05) is 30.3 Å². The highest BCUT2D eigenvalue weighted by atomic mass is 16.5. The van der Waals surface area contributed by atoms with Crippen LogP contribution in [-0.2, 0) is 4.74 Å². The lowest BCUT2D eigenvalue weighted by atomic mass is 10.1. The van der Waals surface area contributed by atoms with Crippen molar-refractivity contribution in [1.82, 2.24) is 5.43 Å². The van der Waals surface area contributed by atoms with Crippen molar-refractivity contribution in [3.8, 4) is 0 Å². The Morgan fingerprint density at radius 2 is 1.79 bits per heavy atom. The lowest BCUT2D eigenvalue weighted by molar-refractivity contribution is 0.0928. The minimum Gasteiger partial charge on any atom is -0.451 e. The molecule has 1 N–H and O–H groups in total. The summed E-state index contributed by atoms with van der Waals surface area (Å²) in [5.74, 6) is -0.0570. The molecule has 0 spiro atoms. The number of hydrazone groups is 1. The van der Waals surface area contributed by atoms with E-state index in [0.717, 1.165) is 48.5 Å². The van der Waals surface area contributed by atoms with E-state index in [1.54, 1.807) is 0 Å². The van der Waals surface area contributed by atoms with Gasteiger partial charge in [0, 0.05) is 29.7 Å². The molecule has 0 saturated carbocycles. The average Bonchev–Trinajstić information content (AvgIpc) is 3.09. The molecule has 0 radical (unpaired) electrons. The van der Waals surface area contributed by atoms with Crippen LogP contribution in [0.3, 0.4) is 0 Å². The number of carbonyl (C=O) groups is 1. The van der Waals surface area contributed by atoms with Crippen molar-refractivity contribution in [2.75, 3.05) is 31.2 Å². The normalized spacial score (nSPS) is 15.1. The molecule has 2 aromatic carbocycles. The Morgan fingerprint density at radius 1 is 1.07 bits per heavy atom. The SMILES string of the molecule is C/C(=N/NC(=O)c1oc2ccccc2c1C)c1ccc(N2CCOCC2)cc1. The molecule has 1 aromatic heterocycles. The van der Waals surface area contributed by atoms with Crippen molar-refractivity contribution in [1.29, 1.82) is 0 Å². The number of ether oxygens (including phenoxy) is 1. The van der Waals surface area contributed by atoms with E-state index < -0.39 is 0 Å². The Morgan fingerprint density at radius 3 is 2.50 bits per heavy atom. The number of aryl methyl sites for hydroxylation is 1. The standard InChI is InChI=1S/C22H23N3O3/c1-15-19-5-3-4-6-20(19)28-21(15)22(26)24-23-16(2)17-7-9-18(10-8-17)25-11-13-27-14-12-25/h3-10H,11-14H2,1-2H3,(H,24,26)/b23-16-. The molecule has 1 amide bonds. The summed E-state index contributed by atoms with van der Waals surface area (Å²) in [5.41, 5.74) is 6.98. The highest BCUT2D eigenvalue weighted by molar-refractivity contribution is 6.02. The van der Waals surface area contributed by atoms with Crippen molar-refractivity contribution < 1.29 is 13.9 Å². The molecule has 1 aliphatic heterocycles. The minimum atomic E-state index is -0.349. The Bertz CT molecular complexity index is 1020. The first-order valence-electron chi connectivity index (χ1n) is 9.39. The van der Waals surface area contributed by atoms with Gasteiger partial charge in [0.25, 0.3) is 0 Å². The Balaban J connectivity index is 1.46. The highest BCUT2D eigenvalue weighted by Gasteiger charge is 2.17. The second-order valence-electron chi connectivity index (χ2n) is 6.84. The lowest BCUT2D eigenvalue weighted by Gasteiger charge is -2.28. The molecule has 6 heteroatoms. The molecule has 28 heavy (non-hydrogen) atoms. The number of carbonyl (C=O) groups excluding carboxylic acids is 1. The predicted octanol–water partition coefficient (Wildman–Crippen LogP) is 3.73. The molecule has 144 valence electrons. The first kappa shape index (κ1) is 18.3. The Labute approximate surface area is 163 Å². The van der Waals surface area contributed by atoms with Gasteiger partial charge in [0.05, 0.1) is 18.9 Å². The Hall–Kier alpha value is -3.12. The van der Waals surface area contributed by atoms with Gasteiger partial charge in [0.1, 0.15) is 5.58 Å². The fourth-order valence-corrected chi connectivity index (χ4v) is 3.38. The van der Waals surface area contributed by atoms with Crippen LogP contribution in [0.25, 0.3) is 11.0 Å². The second kappa shape index (κ2) is 7.86. The largest absolute Gasteiger partial charge is 0.451 e. The fourth-order valence-electron chi connectivity index (χ4n) is 3.38. The predicted molar refractivity (Wildman–Crippen MR) is 110 cm³/mol. The summed E-state index contributed by atoms with van der Waals surface area (Å²) in [5, 5.41) is 5.18. The fraction of sp³-hybridized carbons (Fsp3) is 0.273. The zero-order valence-electron chi connectivity index (χ0n) is 16.1. The van der Waals surface area contributed by atoms with Crippen LogP contribution < -0.4 is 10.3 Å². The third-order valence-corrected chi connectivity index (χ3v) is 5.04. The molecule has 3 aromatic rings. The van der Waals surface area contributed by atoms with E-state index in [0.29, 0.717) is 11.3 Å². The lowest BCUT2D eigenvalue weighted by Crippen LogP contribution is -2.36. The third kappa shape index (κ3) is 3.64. The molecule has 2 heterocycles. The molecule has 0 bridgehead atoms. The number of benzene rings is 2. The first-order valence-corrected chi connectivity index (χ1v) is 9.39. The topological polar surface area (TPSA) is 67.1 Å². The number of fused-ring (bicyclic) bond motifs is 1. The molecule has 4 rings (SSSR count). The third-order valence-electron chi connectivity index (χ3n) is 5.04. The van der Waals surface area contributed by atoms with Gasteiger partial charge in [0.15, 0.2) is 5.76 Å². The summed E-state index contributed by atoms with van der Waals surface area (Å²) in [6.45, 7) is 7.07. The molecule has 0 aliphatic carbocycles. The van der Waals surface area contributed by atoms with Crippen LogP contribution in [0, 0.1) is 6.92 Å². The van der Waals surface area contributed by atoms with Crippen molar-refractivity contribution in [2.45, 2.75) is 13.8 Å². The molecular weight excluding hydrogens is 354 g/mol. The number of nitrogens with one attached hydrogen (secondary N) is 1. The van der Waals surface area contributed by atoms with Gasteiger partial charge in [-0.15, -0.1) is 0 Å². The van der Waals surface area contributed by atoms with Gasteiger partial charge >= 0.3 is 5.91 Å². The van der Waals surface area contributed by atoms with Gasteiger partial charge in [0.2, 0.25) is 0 Å². The van der Waals surface area contributed by atoms with E-state index in [2.05, 4.69) is 27.6 Å². The molecule has 0 atom stereocenters. The van der Waals surface area contributed by atoms with Crippen LogP contribution in [0.2, 0.25) is 0 Å². The molecule has 0 unspecified atom stereocenters. The van der Waals surface area contributed by atoms with Crippen molar-refractivity contribution in [2.24, 2.45) is 5.10 Å². The van der Waals surface area contributed by atoms with Gasteiger partial charge < -0.3 is 14.1 Å². The summed E-state index contributed by atoms with van der Waals surface area (Å²) in [6, 6.07) is 15.8. The van der Waals surface area contributed by atoms with Crippen molar-refractivity contribution >= 4 is 28.3 Å². The van der Waals surface area contributed by atoms with Crippen molar-refractivity contribution in [3.05, 3.63) is 65.4 Å². The van der Waals surface area contributed by atoms with Crippen LogP contribution in [0.5, 0.6) is 0 Å². The van der Waals surface area contributed by atoms with E-state index in [4.69, 9.17) is 9.15 Å². The van der Waals surface area contributed by atoms with Crippen LogP contribution in [0.4, 0.5) is 5.69 Å². The molecule has 1 saturated heterocycles. The molecule has 6 nitrogen and oxygen atoms in total. The van der Waals surface area contributed by atoms with Gasteiger partial charge in [-0.3, -0.25) is 4.79 Å². The number of hydrogen-bond acceptors (Lipinski definition) is 5. The van der Waals surface area contributed by atoms with E-state index in [-0.39, 0.29) is 5.91 Å². The number of para-hydroxylation sites is 1. The maximum Gasteiger partial charge on any atom is 0.307 e. The summed E-state index contributed by atoms with van der Waals surface area (Å²) in [4.78, 5) is 14.8. The van der Waals surface area contributed by atoms with Crippen LogP contribution in [0.15, 0.2) is 58.0 Å². The number of hydrogen-bond donors (Lipinski definition) is 1. The minimum absolute atomic E-state index is 0.292. The number of nitrogens with zero attached hydrogens (tertiary/aromatic N) is 2. The molecule has 1 aliphatic rings. The first-order chi connectivity index (χ1) is 13.6. The summed E-state index contributed by atoms with van der Waals surface area (Å²) >= 11 is 0. The van der Waals surface area contributed by atoms with E-state index in [1.165, 1.54) is 5.69 Å². The van der Waals surface area contributed by atoms with E-state index in [9.17, 15) is 4.79 Å². The number of morpholine rings is 1. The zero-order chi connectivity index (χ0) is 19.5. The summed E-state index contributed by atoms with van der Waals surface area (Å²) in [6.07, 6.45) is 0. The monoisotopic (exact) mass is 377 g/mol. The quantitative estimate of drug-likeness (QED) is 0.556. The molecular formula is C22H23N3O3. The summed E-state index contributed by atoms with van der Waals surface area (Å²) in [7, 11) is 0. The number of anilines is 1. The number of furan rings is 1. The van der Waals surface area contributed by atoms with Crippen molar-refractivity contribution in [3.63, 3.8) is 0 Å². The molecule has 1 fully saturated rings. The van der Waals surface area contributed by atoms with Crippen LogP contribution >= 0.6 is 0 Å². The zero-order valence-corrected chi connectivity index (χ0v) is 16.1. The van der Waals surface area contributed by atoms with Gasteiger partial charge in [-0.05, 0) is 37.6 Å². The number of amides is 1. The van der Waals surface area contributed by atoms with E-state index >= 15 is 0 Å². The highest BCUT2D eigenvalue weighted by Crippen LogP contribution is 2.24. The van der Waals surface area contributed by atoms with Crippen LogP contribution in [0.1, 0.15) is 28.6 Å². The van der Waals surface area contributed by atoms with Crippen LogP contribution in [-0.4, -0.2) is 37.9 Å². The second-order valence-corrected chi connectivity index (χ2v) is 6.84. The average molecular weight is 377 g/mol. The van der Waals surface area contributed by atoms with Gasteiger partial charge in [-0.25, -0.2) is 5.43 Å². The number of rotatable bonds is 4. The van der Waals surface area contributed by atoms with Gasteiger partial charge in [-0.2, -0.15) is 5.10 Å².